The molecule has 0 bridgehead atoms. The number of nitrogens with zero attached hydrogens (tertiary/aromatic N) is 1. The molecule has 39 heavy (non-hydrogen) atoms. The Kier molecular flexibility index (Phi) is 8.88. The molecule has 4 rings (SSSR count). The summed E-state index contributed by atoms with van der Waals surface area (Å²) in [4.78, 5) is 51.5. The second-order valence-corrected chi connectivity index (χ2v) is 10.1. The molecule has 0 atom stereocenters. The summed E-state index contributed by atoms with van der Waals surface area (Å²) in [6, 6.07) is 13.7. The van der Waals surface area contributed by atoms with E-state index >= 15 is 0 Å². The molecule has 2 N–H and O–H groups in total. The van der Waals surface area contributed by atoms with E-state index in [-0.39, 0.29) is 12.4 Å². The molecule has 0 spiro atoms. The summed E-state index contributed by atoms with van der Waals surface area (Å²) in [5.41, 5.74) is 5.64. The van der Waals surface area contributed by atoms with E-state index in [0.717, 1.165) is 41.7 Å². The zero-order chi connectivity index (χ0) is 27.9. The molecule has 0 saturated heterocycles. The Morgan fingerprint density at radius 2 is 1.67 bits per heavy atom. The van der Waals surface area contributed by atoms with Crippen molar-refractivity contribution >= 4 is 45.8 Å². The minimum Gasteiger partial charge on any atom is -0.462 e. The van der Waals surface area contributed by atoms with Crippen LogP contribution in [0.1, 0.15) is 69.0 Å². The monoisotopic (exact) mass is 547 g/mol. The van der Waals surface area contributed by atoms with E-state index in [2.05, 4.69) is 15.8 Å². The smallest absolute Gasteiger partial charge is 0.343 e. The van der Waals surface area contributed by atoms with E-state index in [4.69, 9.17) is 9.47 Å². The van der Waals surface area contributed by atoms with Crippen molar-refractivity contribution in [1.29, 1.82) is 0 Å². The van der Waals surface area contributed by atoms with E-state index in [0.29, 0.717) is 27.4 Å². The van der Waals surface area contributed by atoms with E-state index in [1.165, 1.54) is 11.3 Å². The van der Waals surface area contributed by atoms with Gasteiger partial charge >= 0.3 is 23.8 Å². The molecule has 202 valence electrons. The van der Waals surface area contributed by atoms with Crippen molar-refractivity contribution in [3.63, 3.8) is 0 Å². The first kappa shape index (κ1) is 27.7. The molecule has 2 amide bonds. The lowest BCUT2D eigenvalue weighted by molar-refractivity contribution is -0.136. The van der Waals surface area contributed by atoms with Crippen molar-refractivity contribution < 1.29 is 28.7 Å². The number of fused-ring (bicyclic) bond motifs is 1. The van der Waals surface area contributed by atoms with Crippen LogP contribution in [-0.4, -0.2) is 36.1 Å². The molecule has 9 nitrogen and oxygen atoms in total. The highest BCUT2D eigenvalue weighted by Crippen LogP contribution is 2.38. The molecule has 1 heterocycles. The summed E-state index contributed by atoms with van der Waals surface area (Å²) in [7, 11) is 0. The molecular formula is C29H29N3O6S. The van der Waals surface area contributed by atoms with Crippen LogP contribution >= 0.6 is 11.3 Å². The summed E-state index contributed by atoms with van der Waals surface area (Å²) in [5.74, 6) is -2.77. The van der Waals surface area contributed by atoms with Gasteiger partial charge in [0.1, 0.15) is 10.8 Å². The van der Waals surface area contributed by atoms with Gasteiger partial charge in [-0.05, 0) is 76.3 Å². The van der Waals surface area contributed by atoms with Crippen molar-refractivity contribution in [3.05, 3.63) is 81.2 Å². The van der Waals surface area contributed by atoms with Crippen LogP contribution in [-0.2, 0) is 27.2 Å². The average molecular weight is 548 g/mol. The maximum absolute atomic E-state index is 12.7. The van der Waals surface area contributed by atoms with Crippen LogP contribution in [0.5, 0.6) is 5.75 Å². The number of esters is 2. The largest absolute Gasteiger partial charge is 0.462 e. The normalized spacial score (nSPS) is 12.7. The zero-order valence-corrected chi connectivity index (χ0v) is 22.8. The molecule has 1 aliphatic carbocycles. The first-order chi connectivity index (χ1) is 18.8. The molecule has 0 saturated carbocycles. The summed E-state index contributed by atoms with van der Waals surface area (Å²) >= 11 is 1.29. The van der Waals surface area contributed by atoms with Gasteiger partial charge in [-0.2, -0.15) is 5.10 Å². The van der Waals surface area contributed by atoms with E-state index in [1.54, 1.807) is 50.2 Å². The Morgan fingerprint density at radius 1 is 0.949 bits per heavy atom. The molecule has 0 fully saturated rings. The third-order valence-electron chi connectivity index (χ3n) is 6.18. The van der Waals surface area contributed by atoms with Crippen molar-refractivity contribution in [2.24, 2.45) is 5.10 Å². The van der Waals surface area contributed by atoms with Gasteiger partial charge in [0.2, 0.25) is 0 Å². The molecule has 1 aromatic heterocycles. The summed E-state index contributed by atoms with van der Waals surface area (Å²) in [6.07, 6.45) is 3.48. The second kappa shape index (κ2) is 12.5. The van der Waals surface area contributed by atoms with Gasteiger partial charge in [-0.3, -0.25) is 9.59 Å². The van der Waals surface area contributed by atoms with Crippen LogP contribution < -0.4 is 15.5 Å². The topological polar surface area (TPSA) is 123 Å². The maximum Gasteiger partial charge on any atom is 0.343 e. The number of carbonyl (C=O) groups is 4. The number of hydrogen-bond donors (Lipinski definition) is 2. The van der Waals surface area contributed by atoms with Gasteiger partial charge in [0.25, 0.3) is 0 Å². The second-order valence-electron chi connectivity index (χ2n) is 8.98. The van der Waals surface area contributed by atoms with Gasteiger partial charge in [-0.15, -0.1) is 11.3 Å². The molecule has 2 aromatic carbocycles. The number of hydrogen-bond acceptors (Lipinski definition) is 8. The minimum absolute atomic E-state index is 0.202. The lowest BCUT2D eigenvalue weighted by atomic mass is 9.95. The summed E-state index contributed by atoms with van der Waals surface area (Å²) in [5, 5.41) is 6.90. The SMILES string of the molecule is CCOC(=O)c1c(NC(=O)C(=O)NN=C(C)c2ccccc2OC(=O)c2ccc(C)cc2)sc2c1CCCC2. The van der Waals surface area contributed by atoms with Gasteiger partial charge in [-0.1, -0.05) is 29.8 Å². The number of anilines is 1. The molecule has 0 aliphatic heterocycles. The fraction of sp³-hybridized carbons (Fsp3) is 0.276. The molecular weight excluding hydrogens is 518 g/mol. The fourth-order valence-corrected chi connectivity index (χ4v) is 5.45. The first-order valence-electron chi connectivity index (χ1n) is 12.6. The molecule has 0 radical (unpaired) electrons. The highest BCUT2D eigenvalue weighted by atomic mass is 32.1. The van der Waals surface area contributed by atoms with Crippen LogP contribution in [0, 0.1) is 6.92 Å². The van der Waals surface area contributed by atoms with E-state index in [9.17, 15) is 19.2 Å². The van der Waals surface area contributed by atoms with Crippen molar-refractivity contribution in [3.8, 4) is 5.75 Å². The van der Waals surface area contributed by atoms with Crippen LogP contribution in [0.3, 0.4) is 0 Å². The van der Waals surface area contributed by atoms with E-state index < -0.39 is 23.8 Å². The number of hydrazone groups is 1. The Bertz CT molecular complexity index is 1440. The highest BCUT2D eigenvalue weighted by molar-refractivity contribution is 7.17. The highest BCUT2D eigenvalue weighted by Gasteiger charge is 2.28. The third kappa shape index (κ3) is 6.58. The van der Waals surface area contributed by atoms with Crippen molar-refractivity contribution in [2.45, 2.75) is 46.5 Å². The maximum atomic E-state index is 12.7. The Labute approximate surface area is 230 Å². The number of ether oxygens (including phenoxy) is 2. The lowest BCUT2D eigenvalue weighted by Gasteiger charge is -2.12. The van der Waals surface area contributed by atoms with Crippen LogP contribution in [0.15, 0.2) is 53.6 Å². The Hall–Kier alpha value is -4.31. The van der Waals surface area contributed by atoms with Crippen LogP contribution in [0.25, 0.3) is 0 Å². The van der Waals surface area contributed by atoms with Gasteiger partial charge in [0.15, 0.2) is 0 Å². The summed E-state index contributed by atoms with van der Waals surface area (Å²) in [6.45, 7) is 5.45. The third-order valence-corrected chi connectivity index (χ3v) is 7.38. The molecule has 1 aliphatic rings. The first-order valence-corrected chi connectivity index (χ1v) is 13.5. The van der Waals surface area contributed by atoms with Gasteiger partial charge in [0, 0.05) is 10.4 Å². The Morgan fingerprint density at radius 3 is 2.41 bits per heavy atom. The standard InChI is InChI=1S/C29H29N3O6S/c1-4-37-29(36)24-21-10-6-8-12-23(21)39-27(24)30-25(33)26(34)32-31-18(3)20-9-5-7-11-22(20)38-28(35)19-15-13-17(2)14-16-19/h5,7,9,11,13-16H,4,6,8,10,12H2,1-3H3,(H,30,33)(H,32,34). The number of amides is 2. The number of benzene rings is 2. The number of nitrogens with one attached hydrogen (secondary N) is 2. The van der Waals surface area contributed by atoms with Gasteiger partial charge in [0.05, 0.1) is 23.4 Å². The van der Waals surface area contributed by atoms with Crippen molar-refractivity contribution in [2.75, 3.05) is 11.9 Å². The molecule has 10 heteroatoms. The Balaban J connectivity index is 1.46. The molecule has 3 aromatic rings. The van der Waals surface area contributed by atoms with E-state index in [1.807, 2.05) is 19.1 Å². The van der Waals surface area contributed by atoms with Crippen LogP contribution in [0.4, 0.5) is 5.00 Å². The predicted octanol–water partition coefficient (Wildman–Crippen LogP) is 4.81. The van der Waals surface area contributed by atoms with Crippen molar-refractivity contribution in [1.82, 2.24) is 5.43 Å². The number of para-hydroxylation sites is 1. The minimum atomic E-state index is -1.01. The average Bonchev–Trinajstić information content (AvgIpc) is 3.30. The summed E-state index contributed by atoms with van der Waals surface area (Å²) < 4.78 is 10.8. The van der Waals surface area contributed by atoms with Crippen LogP contribution in [0.2, 0.25) is 0 Å². The zero-order valence-electron chi connectivity index (χ0n) is 22.0. The molecule has 0 unspecified atom stereocenters. The quantitative estimate of drug-likeness (QED) is 0.144. The predicted molar refractivity (Wildman–Crippen MR) is 148 cm³/mol. The van der Waals surface area contributed by atoms with Gasteiger partial charge < -0.3 is 14.8 Å². The number of rotatable bonds is 7. The van der Waals surface area contributed by atoms with Gasteiger partial charge in [-0.25, -0.2) is 15.0 Å². The lowest BCUT2D eigenvalue weighted by Crippen LogP contribution is -2.33. The number of thiophene rings is 1. The number of aryl methyl sites for hydroxylation is 2. The number of carbonyl (C=O) groups excluding carboxylic acids is 4. The fourth-order valence-electron chi connectivity index (χ4n) is 4.18.